The minimum absolute atomic E-state index is 0.000879. The van der Waals surface area contributed by atoms with Gasteiger partial charge < -0.3 is 19.5 Å². The van der Waals surface area contributed by atoms with Crippen LogP contribution >= 0.6 is 0 Å². The van der Waals surface area contributed by atoms with Crippen LogP contribution in [0.2, 0.25) is 0 Å². The summed E-state index contributed by atoms with van der Waals surface area (Å²) in [6.45, 7) is 8.48. The summed E-state index contributed by atoms with van der Waals surface area (Å²) in [5, 5.41) is 3.44. The molecule has 1 unspecified atom stereocenters. The van der Waals surface area contributed by atoms with E-state index in [-0.39, 0.29) is 11.6 Å². The molecule has 0 aliphatic heterocycles. The number of methoxy groups -OCH3 is 2. The van der Waals surface area contributed by atoms with Crippen molar-refractivity contribution in [2.24, 2.45) is 0 Å². The van der Waals surface area contributed by atoms with Gasteiger partial charge in [0.2, 0.25) is 0 Å². The molecule has 1 atom stereocenters. The fourth-order valence-electron chi connectivity index (χ4n) is 1.89. The summed E-state index contributed by atoms with van der Waals surface area (Å²) >= 11 is 0. The minimum Gasteiger partial charge on any atom is -0.487 e. The normalized spacial score (nSPS) is 13.2. The highest BCUT2D eigenvalue weighted by Gasteiger charge is 2.15. The van der Waals surface area contributed by atoms with Crippen LogP contribution in [0.5, 0.6) is 5.75 Å². The van der Waals surface area contributed by atoms with Gasteiger partial charge in [-0.3, -0.25) is 0 Å². The lowest BCUT2D eigenvalue weighted by atomic mass is 10.1. The van der Waals surface area contributed by atoms with Crippen molar-refractivity contribution in [3.63, 3.8) is 0 Å². The summed E-state index contributed by atoms with van der Waals surface area (Å²) in [5.74, 6) is 0.869. The highest BCUT2D eigenvalue weighted by molar-refractivity contribution is 5.27. The van der Waals surface area contributed by atoms with E-state index in [1.807, 2.05) is 12.1 Å². The Hall–Kier alpha value is -1.10. The van der Waals surface area contributed by atoms with Crippen LogP contribution < -0.4 is 10.1 Å². The van der Waals surface area contributed by atoms with Crippen LogP contribution in [0, 0.1) is 0 Å². The standard InChI is InChI=1S/C17H29NO3/c1-17(2,3)18-12-16(13-20-5)21-15-8-6-14(7-9-15)10-11-19-4/h6-9,16,18H,10-13H2,1-5H3. The van der Waals surface area contributed by atoms with E-state index in [9.17, 15) is 0 Å². The summed E-state index contributed by atoms with van der Waals surface area (Å²) in [4.78, 5) is 0. The first-order valence-electron chi connectivity index (χ1n) is 7.43. The SMILES string of the molecule is COCCc1ccc(OC(CNC(C)(C)C)COC)cc1. The molecule has 0 saturated carbocycles. The maximum atomic E-state index is 5.99. The van der Waals surface area contributed by atoms with Crippen LogP contribution in [-0.4, -0.2) is 45.6 Å². The van der Waals surface area contributed by atoms with Crippen LogP contribution in [-0.2, 0) is 15.9 Å². The fourth-order valence-corrected chi connectivity index (χ4v) is 1.89. The molecule has 4 nitrogen and oxygen atoms in total. The maximum Gasteiger partial charge on any atom is 0.134 e. The van der Waals surface area contributed by atoms with Crippen LogP contribution in [0.3, 0.4) is 0 Å². The van der Waals surface area contributed by atoms with Gasteiger partial charge in [0.05, 0.1) is 13.2 Å². The number of ether oxygens (including phenoxy) is 3. The maximum absolute atomic E-state index is 5.99. The number of hydrogen-bond donors (Lipinski definition) is 1. The molecule has 0 aliphatic carbocycles. The topological polar surface area (TPSA) is 39.7 Å². The van der Waals surface area contributed by atoms with Crippen molar-refractivity contribution in [1.29, 1.82) is 0 Å². The zero-order chi connectivity index (χ0) is 15.7. The lowest BCUT2D eigenvalue weighted by molar-refractivity contribution is 0.0765. The summed E-state index contributed by atoms with van der Waals surface area (Å²) in [5.41, 5.74) is 1.32. The van der Waals surface area contributed by atoms with Gasteiger partial charge >= 0.3 is 0 Å². The molecule has 0 spiro atoms. The molecule has 4 heteroatoms. The predicted molar refractivity (Wildman–Crippen MR) is 86.1 cm³/mol. The molecule has 0 fully saturated rings. The predicted octanol–water partition coefficient (Wildman–Crippen LogP) is 2.66. The van der Waals surface area contributed by atoms with Gasteiger partial charge in [0.15, 0.2) is 0 Å². The Morgan fingerprint density at radius 3 is 2.24 bits per heavy atom. The Labute approximate surface area is 128 Å². The van der Waals surface area contributed by atoms with Crippen molar-refractivity contribution in [2.75, 3.05) is 34.0 Å². The van der Waals surface area contributed by atoms with Crippen LogP contribution in [0.4, 0.5) is 0 Å². The number of rotatable bonds is 9. The molecule has 21 heavy (non-hydrogen) atoms. The van der Waals surface area contributed by atoms with Crippen LogP contribution in [0.1, 0.15) is 26.3 Å². The fraction of sp³-hybridized carbons (Fsp3) is 0.647. The van der Waals surface area contributed by atoms with Gasteiger partial charge in [-0.25, -0.2) is 0 Å². The molecular weight excluding hydrogens is 266 g/mol. The first-order chi connectivity index (χ1) is 9.94. The van der Waals surface area contributed by atoms with Gasteiger partial charge in [0.25, 0.3) is 0 Å². The van der Waals surface area contributed by atoms with Crippen LogP contribution in [0.15, 0.2) is 24.3 Å². The molecule has 0 radical (unpaired) electrons. The molecular formula is C17H29NO3. The van der Waals surface area contributed by atoms with Crippen molar-refractivity contribution >= 4 is 0 Å². The molecule has 120 valence electrons. The molecule has 0 amide bonds. The van der Waals surface area contributed by atoms with Crippen molar-refractivity contribution < 1.29 is 14.2 Å². The third-order valence-corrected chi connectivity index (χ3v) is 3.03. The zero-order valence-corrected chi connectivity index (χ0v) is 13.9. The molecule has 1 N–H and O–H groups in total. The van der Waals surface area contributed by atoms with Crippen molar-refractivity contribution in [3.8, 4) is 5.75 Å². The summed E-state index contributed by atoms with van der Waals surface area (Å²) in [6, 6.07) is 8.17. The van der Waals surface area contributed by atoms with Crippen LogP contribution in [0.25, 0.3) is 0 Å². The third kappa shape index (κ3) is 8.05. The van der Waals surface area contributed by atoms with Crippen molar-refractivity contribution in [1.82, 2.24) is 5.32 Å². The summed E-state index contributed by atoms with van der Waals surface area (Å²) in [6.07, 6.45) is 0.920. The zero-order valence-electron chi connectivity index (χ0n) is 13.9. The van der Waals surface area contributed by atoms with E-state index in [0.29, 0.717) is 6.61 Å². The number of hydrogen-bond acceptors (Lipinski definition) is 4. The van der Waals surface area contributed by atoms with E-state index in [0.717, 1.165) is 25.3 Å². The van der Waals surface area contributed by atoms with Gasteiger partial charge in [-0.2, -0.15) is 0 Å². The quantitative estimate of drug-likeness (QED) is 0.760. The van der Waals surface area contributed by atoms with E-state index < -0.39 is 0 Å². The van der Waals surface area contributed by atoms with Gasteiger partial charge in [-0.15, -0.1) is 0 Å². The first-order valence-corrected chi connectivity index (χ1v) is 7.43. The van der Waals surface area contributed by atoms with Gasteiger partial charge in [0.1, 0.15) is 11.9 Å². The average molecular weight is 295 g/mol. The second-order valence-corrected chi connectivity index (χ2v) is 6.21. The highest BCUT2D eigenvalue weighted by atomic mass is 16.5. The third-order valence-electron chi connectivity index (χ3n) is 3.03. The summed E-state index contributed by atoms with van der Waals surface area (Å²) < 4.78 is 16.3. The average Bonchev–Trinajstić information content (AvgIpc) is 2.43. The molecule has 1 aromatic carbocycles. The Balaban J connectivity index is 2.53. The van der Waals surface area contributed by atoms with Gasteiger partial charge in [-0.05, 0) is 44.9 Å². The van der Waals surface area contributed by atoms with E-state index in [2.05, 4.69) is 38.2 Å². The monoisotopic (exact) mass is 295 g/mol. The first kappa shape index (κ1) is 18.0. The molecule has 0 saturated heterocycles. The van der Waals surface area contributed by atoms with Gasteiger partial charge in [-0.1, -0.05) is 12.1 Å². The Kier molecular flexibility index (Phi) is 7.72. The van der Waals surface area contributed by atoms with Crippen molar-refractivity contribution in [3.05, 3.63) is 29.8 Å². The lowest BCUT2D eigenvalue weighted by Crippen LogP contribution is -2.44. The second-order valence-electron chi connectivity index (χ2n) is 6.21. The smallest absolute Gasteiger partial charge is 0.134 e. The Bertz CT molecular complexity index is 384. The van der Waals surface area contributed by atoms with E-state index >= 15 is 0 Å². The largest absolute Gasteiger partial charge is 0.487 e. The molecule has 0 aromatic heterocycles. The molecule has 0 aliphatic rings. The Morgan fingerprint density at radius 2 is 1.71 bits per heavy atom. The Morgan fingerprint density at radius 1 is 1.05 bits per heavy atom. The van der Waals surface area contributed by atoms with E-state index in [1.165, 1.54) is 5.56 Å². The van der Waals surface area contributed by atoms with Crippen molar-refractivity contribution in [2.45, 2.75) is 38.8 Å². The number of nitrogens with one attached hydrogen (secondary N) is 1. The highest BCUT2D eigenvalue weighted by Crippen LogP contribution is 2.15. The molecule has 1 rings (SSSR count). The molecule has 1 aromatic rings. The van der Waals surface area contributed by atoms with E-state index in [1.54, 1.807) is 14.2 Å². The van der Waals surface area contributed by atoms with E-state index in [4.69, 9.17) is 14.2 Å². The molecule has 0 bridgehead atoms. The minimum atomic E-state index is -0.000879. The van der Waals surface area contributed by atoms with Gasteiger partial charge in [0, 0.05) is 26.3 Å². The summed E-state index contributed by atoms with van der Waals surface area (Å²) in [7, 11) is 3.41. The lowest BCUT2D eigenvalue weighted by Gasteiger charge is -2.25. The molecule has 0 heterocycles. The number of benzene rings is 1. The second kappa shape index (κ2) is 9.03.